The fraction of sp³-hybridized carbons (Fsp3) is 0.222. The van der Waals surface area contributed by atoms with Crippen LogP contribution in [0.3, 0.4) is 0 Å². The molecular weight excluding hydrogens is 360 g/mol. The van der Waals surface area contributed by atoms with Gasteiger partial charge in [0.05, 0.1) is 12.4 Å². The summed E-state index contributed by atoms with van der Waals surface area (Å²) in [6, 6.07) is 14.2. The van der Waals surface area contributed by atoms with Gasteiger partial charge in [-0.1, -0.05) is 23.7 Å². The first-order valence-electron chi connectivity index (χ1n) is 7.72. The molecule has 0 fully saturated rings. The number of halogens is 1. The lowest BCUT2D eigenvalue weighted by atomic mass is 10.2. The molecular formula is C18H19ClN2O3S. The molecule has 0 bridgehead atoms. The van der Waals surface area contributed by atoms with Crippen LogP contribution in [0.5, 0.6) is 5.75 Å². The third-order valence-corrected chi connectivity index (χ3v) is 4.41. The normalized spacial score (nSPS) is 10.2. The summed E-state index contributed by atoms with van der Waals surface area (Å²) in [5.74, 6) is 0.989. The lowest BCUT2D eigenvalue weighted by Crippen LogP contribution is -2.42. The Hall–Kier alpha value is -2.18. The lowest BCUT2D eigenvalue weighted by Gasteiger charge is -2.08. The van der Waals surface area contributed by atoms with Crippen LogP contribution in [0.4, 0.5) is 0 Å². The number of carbonyl (C=O) groups is 2. The highest BCUT2D eigenvalue weighted by molar-refractivity contribution is 7.99. The van der Waals surface area contributed by atoms with Crippen molar-refractivity contribution in [2.45, 2.75) is 12.7 Å². The first-order chi connectivity index (χ1) is 12.1. The number of rotatable bonds is 7. The number of thioether (sulfide) groups is 1. The summed E-state index contributed by atoms with van der Waals surface area (Å²) < 4.78 is 5.31. The fourth-order valence-electron chi connectivity index (χ4n) is 1.95. The van der Waals surface area contributed by atoms with E-state index in [9.17, 15) is 9.59 Å². The molecule has 25 heavy (non-hydrogen) atoms. The van der Waals surface area contributed by atoms with Crippen LogP contribution in [-0.2, 0) is 10.5 Å². The van der Waals surface area contributed by atoms with Crippen molar-refractivity contribution in [3.8, 4) is 5.75 Å². The topological polar surface area (TPSA) is 67.4 Å². The van der Waals surface area contributed by atoms with Crippen molar-refractivity contribution in [3.63, 3.8) is 0 Å². The second-order valence-electron chi connectivity index (χ2n) is 5.08. The van der Waals surface area contributed by atoms with Gasteiger partial charge in [0.1, 0.15) is 5.75 Å². The van der Waals surface area contributed by atoms with E-state index in [1.807, 2.05) is 31.2 Å². The summed E-state index contributed by atoms with van der Waals surface area (Å²) >= 11 is 7.28. The van der Waals surface area contributed by atoms with Gasteiger partial charge in [-0.25, -0.2) is 0 Å². The summed E-state index contributed by atoms with van der Waals surface area (Å²) in [5, 5.41) is 0.684. The Morgan fingerprint density at radius 1 is 1.04 bits per heavy atom. The highest BCUT2D eigenvalue weighted by Crippen LogP contribution is 2.15. The zero-order chi connectivity index (χ0) is 18.1. The molecule has 0 radical (unpaired) electrons. The maximum atomic E-state index is 12.0. The van der Waals surface area contributed by atoms with Crippen LogP contribution in [0.2, 0.25) is 5.02 Å². The minimum absolute atomic E-state index is 0.242. The van der Waals surface area contributed by atoms with Crippen molar-refractivity contribution < 1.29 is 14.3 Å². The molecule has 0 spiro atoms. The fourth-order valence-corrected chi connectivity index (χ4v) is 2.86. The number of hydrazine groups is 1. The third kappa shape index (κ3) is 6.68. The van der Waals surface area contributed by atoms with Gasteiger partial charge in [-0.2, -0.15) is 0 Å². The van der Waals surface area contributed by atoms with Gasteiger partial charge in [-0.3, -0.25) is 20.4 Å². The standard InChI is InChI=1S/C18H19ClN2O3S/c1-2-24-16-9-5-14(6-10-16)18(23)21-20-17(22)12-25-11-13-3-7-15(19)8-4-13/h3-10H,2,11-12H2,1H3,(H,20,22)(H,21,23). The highest BCUT2D eigenvalue weighted by Gasteiger charge is 2.08. The van der Waals surface area contributed by atoms with Crippen LogP contribution in [0.1, 0.15) is 22.8 Å². The number of carbonyl (C=O) groups excluding carboxylic acids is 2. The summed E-state index contributed by atoms with van der Waals surface area (Å²) in [6.45, 7) is 2.45. The van der Waals surface area contributed by atoms with Crippen LogP contribution >= 0.6 is 23.4 Å². The SMILES string of the molecule is CCOc1ccc(C(=O)NNC(=O)CSCc2ccc(Cl)cc2)cc1. The molecule has 0 aliphatic heterocycles. The maximum Gasteiger partial charge on any atom is 0.269 e. The molecule has 0 atom stereocenters. The molecule has 0 unspecified atom stereocenters. The molecule has 0 heterocycles. The largest absolute Gasteiger partial charge is 0.494 e. The molecule has 2 amide bonds. The molecule has 0 aliphatic rings. The Bertz CT molecular complexity index is 705. The minimum Gasteiger partial charge on any atom is -0.494 e. The van der Waals surface area contributed by atoms with Crippen LogP contribution in [-0.4, -0.2) is 24.2 Å². The second kappa shape index (κ2) is 9.96. The van der Waals surface area contributed by atoms with Gasteiger partial charge < -0.3 is 4.74 Å². The first kappa shape index (κ1) is 19.1. The van der Waals surface area contributed by atoms with Crippen molar-refractivity contribution in [2.24, 2.45) is 0 Å². The van der Waals surface area contributed by atoms with E-state index < -0.39 is 0 Å². The van der Waals surface area contributed by atoms with E-state index in [0.29, 0.717) is 28.7 Å². The van der Waals surface area contributed by atoms with Gasteiger partial charge in [-0.15, -0.1) is 11.8 Å². The van der Waals surface area contributed by atoms with Gasteiger partial charge in [-0.05, 0) is 48.9 Å². The van der Waals surface area contributed by atoms with E-state index in [-0.39, 0.29) is 17.6 Å². The van der Waals surface area contributed by atoms with Crippen molar-refractivity contribution >= 4 is 35.2 Å². The van der Waals surface area contributed by atoms with Crippen LogP contribution in [0.15, 0.2) is 48.5 Å². The zero-order valence-electron chi connectivity index (χ0n) is 13.8. The molecule has 0 saturated heterocycles. The Kier molecular flexibility index (Phi) is 7.63. The van der Waals surface area contributed by atoms with Crippen molar-refractivity contribution in [2.75, 3.05) is 12.4 Å². The predicted molar refractivity (Wildman–Crippen MR) is 101 cm³/mol. The molecule has 0 saturated carbocycles. The van der Waals surface area contributed by atoms with E-state index in [0.717, 1.165) is 5.56 Å². The van der Waals surface area contributed by atoms with E-state index >= 15 is 0 Å². The number of nitrogens with one attached hydrogen (secondary N) is 2. The predicted octanol–water partition coefficient (Wildman–Crippen LogP) is 3.43. The van der Waals surface area contributed by atoms with Gasteiger partial charge in [0.15, 0.2) is 0 Å². The van der Waals surface area contributed by atoms with Crippen molar-refractivity contribution in [1.29, 1.82) is 0 Å². The van der Waals surface area contributed by atoms with Gasteiger partial charge in [0.25, 0.3) is 5.91 Å². The third-order valence-electron chi connectivity index (χ3n) is 3.16. The van der Waals surface area contributed by atoms with Gasteiger partial charge in [0.2, 0.25) is 5.91 Å². The van der Waals surface area contributed by atoms with Crippen molar-refractivity contribution in [3.05, 3.63) is 64.7 Å². The number of hydrogen-bond donors (Lipinski definition) is 2. The molecule has 2 aromatic rings. The molecule has 5 nitrogen and oxygen atoms in total. The summed E-state index contributed by atoms with van der Waals surface area (Å²) in [7, 11) is 0. The van der Waals surface area contributed by atoms with Gasteiger partial charge >= 0.3 is 0 Å². The summed E-state index contributed by atoms with van der Waals surface area (Å²) in [5.41, 5.74) is 6.33. The molecule has 0 aliphatic carbocycles. The van der Waals surface area contributed by atoms with Gasteiger partial charge in [0, 0.05) is 16.3 Å². The second-order valence-corrected chi connectivity index (χ2v) is 6.50. The first-order valence-corrected chi connectivity index (χ1v) is 9.26. The van der Waals surface area contributed by atoms with Crippen LogP contribution in [0, 0.1) is 0 Å². The number of ether oxygens (including phenoxy) is 1. The molecule has 132 valence electrons. The zero-order valence-corrected chi connectivity index (χ0v) is 15.3. The lowest BCUT2D eigenvalue weighted by molar-refractivity contribution is -0.119. The van der Waals surface area contributed by atoms with Crippen molar-refractivity contribution in [1.82, 2.24) is 10.9 Å². The Morgan fingerprint density at radius 2 is 1.72 bits per heavy atom. The van der Waals surface area contributed by atoms with E-state index in [1.165, 1.54) is 11.8 Å². The molecule has 2 rings (SSSR count). The number of amides is 2. The highest BCUT2D eigenvalue weighted by atomic mass is 35.5. The van der Waals surface area contributed by atoms with E-state index in [1.54, 1.807) is 24.3 Å². The van der Waals surface area contributed by atoms with Crippen LogP contribution < -0.4 is 15.6 Å². The van der Waals surface area contributed by atoms with E-state index in [2.05, 4.69) is 10.9 Å². The van der Waals surface area contributed by atoms with Crippen LogP contribution in [0.25, 0.3) is 0 Å². The quantitative estimate of drug-likeness (QED) is 0.724. The molecule has 0 aromatic heterocycles. The van der Waals surface area contributed by atoms with E-state index in [4.69, 9.17) is 16.3 Å². The average Bonchev–Trinajstić information content (AvgIpc) is 2.62. The summed E-state index contributed by atoms with van der Waals surface area (Å²) in [4.78, 5) is 23.7. The molecule has 2 aromatic carbocycles. The monoisotopic (exact) mass is 378 g/mol. The maximum absolute atomic E-state index is 12.0. The minimum atomic E-state index is -0.376. The Balaban J connectivity index is 1.70. The number of benzene rings is 2. The smallest absolute Gasteiger partial charge is 0.269 e. The number of hydrogen-bond acceptors (Lipinski definition) is 4. The Labute approximate surface area is 156 Å². The average molecular weight is 379 g/mol. The Morgan fingerprint density at radius 3 is 2.36 bits per heavy atom. The molecule has 2 N–H and O–H groups in total. The molecule has 7 heteroatoms. The summed E-state index contributed by atoms with van der Waals surface area (Å²) in [6.07, 6.45) is 0.